The van der Waals surface area contributed by atoms with Crippen LogP contribution in [0.4, 0.5) is 16.5 Å². The van der Waals surface area contributed by atoms with Crippen molar-refractivity contribution in [2.75, 3.05) is 10.5 Å². The van der Waals surface area contributed by atoms with Gasteiger partial charge in [-0.1, -0.05) is 11.3 Å². The Hall–Kier alpha value is -1.79. The minimum absolute atomic E-state index is 0.0214. The zero-order chi connectivity index (χ0) is 14.9. The van der Waals surface area contributed by atoms with Gasteiger partial charge in [0.2, 0.25) is 5.13 Å². The molecule has 0 spiro atoms. The largest absolute Gasteiger partial charge is 0.374 e. The van der Waals surface area contributed by atoms with Gasteiger partial charge in [-0.25, -0.2) is 0 Å². The summed E-state index contributed by atoms with van der Waals surface area (Å²) >= 11 is 3.77. The molecule has 20 heavy (non-hydrogen) atoms. The summed E-state index contributed by atoms with van der Waals surface area (Å²) in [5.74, 6) is 0. The summed E-state index contributed by atoms with van der Waals surface area (Å²) in [6.07, 6.45) is 0. The number of anilines is 2. The highest BCUT2D eigenvalue weighted by Gasteiger charge is 2.21. The van der Waals surface area contributed by atoms with Crippen LogP contribution in [-0.2, 0) is 10.0 Å². The van der Waals surface area contributed by atoms with Crippen LogP contribution in [0.25, 0.3) is 0 Å². The van der Waals surface area contributed by atoms with Crippen molar-refractivity contribution in [3.63, 3.8) is 0 Å². The van der Waals surface area contributed by atoms with E-state index in [4.69, 9.17) is 5.73 Å². The zero-order valence-electron chi connectivity index (χ0n) is 9.48. The van der Waals surface area contributed by atoms with Gasteiger partial charge in [-0.05, 0) is 22.0 Å². The van der Waals surface area contributed by atoms with Gasteiger partial charge in [0.15, 0.2) is 0 Å². The molecule has 2 aromatic rings. The number of rotatable bonds is 4. The topological polar surface area (TPSA) is 141 Å². The molecular weight excluding hydrogens is 374 g/mol. The molecule has 2 rings (SSSR count). The minimum Gasteiger partial charge on any atom is -0.374 e. The first-order chi connectivity index (χ1) is 9.29. The van der Waals surface area contributed by atoms with E-state index in [9.17, 15) is 18.5 Å². The van der Waals surface area contributed by atoms with E-state index < -0.39 is 14.9 Å². The van der Waals surface area contributed by atoms with E-state index in [1.54, 1.807) is 0 Å². The van der Waals surface area contributed by atoms with Crippen LogP contribution in [0, 0.1) is 10.1 Å². The van der Waals surface area contributed by atoms with Crippen molar-refractivity contribution in [3.8, 4) is 0 Å². The number of halogens is 1. The predicted octanol–water partition coefficient (Wildman–Crippen LogP) is 1.59. The first kappa shape index (κ1) is 14.6. The molecule has 1 aromatic heterocycles. The number of nitro groups is 1. The molecule has 3 N–H and O–H groups in total. The van der Waals surface area contributed by atoms with E-state index in [-0.39, 0.29) is 25.3 Å². The fraction of sp³-hybridized carbons (Fsp3) is 0. The Labute approximate surface area is 125 Å². The number of hydrogen-bond acceptors (Lipinski definition) is 8. The van der Waals surface area contributed by atoms with Gasteiger partial charge in [-0.3, -0.25) is 14.8 Å². The van der Waals surface area contributed by atoms with Crippen molar-refractivity contribution in [2.24, 2.45) is 0 Å². The third-order valence-electron chi connectivity index (χ3n) is 2.06. The maximum atomic E-state index is 12.0. The molecule has 0 bridgehead atoms. The van der Waals surface area contributed by atoms with E-state index in [2.05, 4.69) is 30.8 Å². The molecule has 0 amide bonds. The van der Waals surface area contributed by atoms with E-state index >= 15 is 0 Å². The number of nitrogens with one attached hydrogen (secondary N) is 1. The van der Waals surface area contributed by atoms with E-state index in [1.165, 1.54) is 18.2 Å². The normalized spacial score (nSPS) is 11.2. The number of non-ortho nitro benzene ring substituents is 1. The monoisotopic (exact) mass is 379 g/mol. The van der Waals surface area contributed by atoms with E-state index in [1.807, 2.05) is 0 Å². The Bertz CT molecular complexity index is 775. The number of nitro benzene ring substituents is 1. The summed E-state index contributed by atoms with van der Waals surface area (Å²) in [5, 5.41) is 17.4. The molecule has 1 heterocycles. The number of nitrogen functional groups attached to an aromatic ring is 1. The van der Waals surface area contributed by atoms with Gasteiger partial charge in [0, 0.05) is 16.6 Å². The fourth-order valence-electron chi connectivity index (χ4n) is 1.22. The van der Waals surface area contributed by atoms with Crippen LogP contribution < -0.4 is 10.5 Å². The Morgan fingerprint density at radius 3 is 2.60 bits per heavy atom. The minimum atomic E-state index is -3.93. The molecule has 0 aliphatic rings. The van der Waals surface area contributed by atoms with Crippen LogP contribution in [0.1, 0.15) is 0 Å². The number of hydrogen-bond donors (Lipinski definition) is 2. The number of sulfonamides is 1. The molecule has 9 nitrogen and oxygen atoms in total. The van der Waals surface area contributed by atoms with Crippen molar-refractivity contribution in [2.45, 2.75) is 4.34 Å². The van der Waals surface area contributed by atoms with Gasteiger partial charge in [0.05, 0.1) is 10.6 Å². The first-order valence-corrected chi connectivity index (χ1v) is 7.94. The molecule has 0 aliphatic heterocycles. The Morgan fingerprint density at radius 2 is 2.10 bits per heavy atom. The molecular formula is C8H6BrN5O4S2. The quantitative estimate of drug-likeness (QED) is 0.606. The summed E-state index contributed by atoms with van der Waals surface area (Å²) in [6, 6.07) is 3.63. The zero-order valence-corrected chi connectivity index (χ0v) is 12.7. The van der Waals surface area contributed by atoms with Gasteiger partial charge in [0.25, 0.3) is 20.1 Å². The van der Waals surface area contributed by atoms with E-state index in [0.29, 0.717) is 11.3 Å². The second-order valence-electron chi connectivity index (χ2n) is 3.43. The molecule has 0 aliphatic carbocycles. The lowest BCUT2D eigenvalue weighted by Gasteiger charge is -2.06. The van der Waals surface area contributed by atoms with Crippen LogP contribution in [0.3, 0.4) is 0 Å². The van der Waals surface area contributed by atoms with Gasteiger partial charge in [-0.2, -0.15) is 8.42 Å². The summed E-state index contributed by atoms with van der Waals surface area (Å²) in [7, 11) is -3.93. The number of nitrogens with zero attached hydrogens (tertiary/aromatic N) is 3. The van der Waals surface area contributed by atoms with Gasteiger partial charge < -0.3 is 5.73 Å². The van der Waals surface area contributed by atoms with Crippen LogP contribution in [0.5, 0.6) is 0 Å². The lowest BCUT2D eigenvalue weighted by molar-refractivity contribution is -0.384. The van der Waals surface area contributed by atoms with Crippen molar-refractivity contribution < 1.29 is 13.3 Å². The molecule has 12 heteroatoms. The molecule has 106 valence electrons. The molecule has 0 radical (unpaired) electrons. The SMILES string of the molecule is Nc1nnc(S(=O)(=O)Nc2ccc([N+](=O)[O-])cc2Br)s1. The van der Waals surface area contributed by atoms with Crippen LogP contribution >= 0.6 is 27.3 Å². The molecule has 1 aromatic carbocycles. The highest BCUT2D eigenvalue weighted by molar-refractivity contribution is 9.10. The standard InChI is InChI=1S/C8H6BrN5O4S2/c9-5-3-4(14(15)16)1-2-6(5)13-20(17,18)8-12-11-7(10)19-8/h1-3,13H,(H2,10,11). The number of nitrogens with two attached hydrogens (primary N) is 1. The van der Waals surface area contributed by atoms with Crippen molar-refractivity contribution in [1.29, 1.82) is 0 Å². The average Bonchev–Trinajstić information content (AvgIpc) is 2.79. The number of aromatic nitrogens is 2. The molecule has 0 saturated carbocycles. The average molecular weight is 380 g/mol. The lowest BCUT2D eigenvalue weighted by Crippen LogP contribution is -2.13. The smallest absolute Gasteiger partial charge is 0.291 e. The van der Waals surface area contributed by atoms with Crippen molar-refractivity contribution in [3.05, 3.63) is 32.8 Å². The summed E-state index contributed by atoms with van der Waals surface area (Å²) in [4.78, 5) is 10.0. The summed E-state index contributed by atoms with van der Waals surface area (Å²) < 4.78 is 26.1. The maximum absolute atomic E-state index is 12.0. The Kier molecular flexibility index (Phi) is 3.87. The van der Waals surface area contributed by atoms with E-state index in [0.717, 1.165) is 0 Å². The summed E-state index contributed by atoms with van der Waals surface area (Å²) in [6.45, 7) is 0. The fourth-order valence-corrected chi connectivity index (χ4v) is 3.68. The lowest BCUT2D eigenvalue weighted by atomic mass is 10.3. The molecule has 0 atom stereocenters. The summed E-state index contributed by atoms with van der Waals surface area (Å²) in [5.41, 5.74) is 5.30. The third kappa shape index (κ3) is 3.02. The third-order valence-corrected chi connectivity index (χ3v) is 5.20. The first-order valence-electron chi connectivity index (χ1n) is 4.85. The van der Waals surface area contributed by atoms with Crippen molar-refractivity contribution >= 4 is 53.8 Å². The van der Waals surface area contributed by atoms with Gasteiger partial charge in [0.1, 0.15) is 0 Å². The number of benzene rings is 1. The second-order valence-corrected chi connectivity index (χ2v) is 7.15. The second kappa shape index (κ2) is 5.30. The highest BCUT2D eigenvalue weighted by Crippen LogP contribution is 2.29. The van der Waals surface area contributed by atoms with Crippen LogP contribution in [-0.4, -0.2) is 23.5 Å². The molecule has 0 unspecified atom stereocenters. The Balaban J connectivity index is 2.32. The van der Waals surface area contributed by atoms with Crippen LogP contribution in [0.2, 0.25) is 0 Å². The van der Waals surface area contributed by atoms with Gasteiger partial charge in [-0.15, -0.1) is 10.2 Å². The van der Waals surface area contributed by atoms with Crippen molar-refractivity contribution in [1.82, 2.24) is 10.2 Å². The molecule has 0 fully saturated rings. The van der Waals surface area contributed by atoms with Gasteiger partial charge >= 0.3 is 0 Å². The maximum Gasteiger partial charge on any atom is 0.291 e. The van der Waals surface area contributed by atoms with Crippen LogP contribution in [0.15, 0.2) is 27.0 Å². The molecule has 0 saturated heterocycles. The predicted molar refractivity (Wildman–Crippen MR) is 75.9 cm³/mol. The highest BCUT2D eigenvalue weighted by atomic mass is 79.9. The Morgan fingerprint density at radius 1 is 1.40 bits per heavy atom.